The monoisotopic (exact) mass is 353 g/mol. The molecule has 0 spiro atoms. The van der Waals surface area contributed by atoms with Gasteiger partial charge in [-0.25, -0.2) is 4.79 Å². The molecule has 0 radical (unpaired) electrons. The van der Waals surface area contributed by atoms with Gasteiger partial charge in [0.15, 0.2) is 0 Å². The molecule has 0 aliphatic rings. The van der Waals surface area contributed by atoms with Gasteiger partial charge in [-0.15, -0.1) is 0 Å². The maximum absolute atomic E-state index is 11.6. The highest BCUT2D eigenvalue weighted by molar-refractivity contribution is 5.69. The van der Waals surface area contributed by atoms with Gasteiger partial charge in [0, 0.05) is 26.6 Å². The molecule has 0 bridgehead atoms. The van der Waals surface area contributed by atoms with Crippen LogP contribution >= 0.6 is 0 Å². The van der Waals surface area contributed by atoms with Crippen molar-refractivity contribution in [1.82, 2.24) is 10.2 Å². The lowest BCUT2D eigenvalue weighted by atomic mass is 10.0. The number of nitriles is 1. The minimum absolute atomic E-state index is 0.118. The minimum Gasteiger partial charge on any atom is -0.494 e. The summed E-state index contributed by atoms with van der Waals surface area (Å²) in [5.74, 6) is 1.25. The lowest BCUT2D eigenvalue weighted by Gasteiger charge is -2.18. The second kappa shape index (κ2) is 9.44. The van der Waals surface area contributed by atoms with Crippen LogP contribution in [0, 0.1) is 11.3 Å². The van der Waals surface area contributed by atoms with E-state index in [-0.39, 0.29) is 6.04 Å². The molecule has 0 fully saturated rings. The quantitative estimate of drug-likeness (QED) is 0.826. The predicted octanol–water partition coefficient (Wildman–Crippen LogP) is 3.35. The van der Waals surface area contributed by atoms with Crippen molar-refractivity contribution in [2.45, 2.75) is 12.5 Å². The van der Waals surface area contributed by atoms with Gasteiger partial charge in [0.1, 0.15) is 11.5 Å². The molecule has 2 aromatic rings. The van der Waals surface area contributed by atoms with Gasteiger partial charge >= 0.3 is 6.09 Å². The number of amides is 1. The van der Waals surface area contributed by atoms with Crippen LogP contribution in [-0.4, -0.2) is 38.7 Å². The Hall–Kier alpha value is -3.04. The van der Waals surface area contributed by atoms with Crippen molar-refractivity contribution in [2.24, 2.45) is 0 Å². The number of benzene rings is 2. The maximum Gasteiger partial charge on any atom is 0.414 e. The molecule has 0 aliphatic heterocycles. The zero-order valence-electron chi connectivity index (χ0n) is 15.2. The first kappa shape index (κ1) is 19.3. The van der Waals surface area contributed by atoms with Crippen molar-refractivity contribution < 1.29 is 14.3 Å². The molecule has 0 saturated heterocycles. The Morgan fingerprint density at radius 2 is 1.73 bits per heavy atom. The van der Waals surface area contributed by atoms with Gasteiger partial charge in [0.25, 0.3) is 0 Å². The molecule has 6 heteroatoms. The van der Waals surface area contributed by atoms with Crippen molar-refractivity contribution in [1.29, 1.82) is 5.26 Å². The Kier molecular flexibility index (Phi) is 7.01. The number of hydrogen-bond acceptors (Lipinski definition) is 5. The topological polar surface area (TPSA) is 74.6 Å². The molecule has 136 valence electrons. The van der Waals surface area contributed by atoms with E-state index in [2.05, 4.69) is 11.4 Å². The number of rotatable bonds is 7. The first-order valence-electron chi connectivity index (χ1n) is 8.33. The Balaban J connectivity index is 1.89. The SMILES string of the molecule is CNC(CCOc1ccc(C#N)cc1)c1ccc(OC(=O)N(C)C)cc1. The standard InChI is InChI=1S/C20H23N3O3/c1-22-19(12-13-25-17-8-4-15(14-21)5-9-17)16-6-10-18(11-7-16)26-20(24)23(2)3/h4-11,19,22H,12-13H2,1-3H3. The second-order valence-electron chi connectivity index (χ2n) is 5.95. The first-order chi connectivity index (χ1) is 12.5. The molecule has 2 rings (SSSR count). The lowest BCUT2D eigenvalue weighted by Crippen LogP contribution is -2.25. The summed E-state index contributed by atoms with van der Waals surface area (Å²) in [6.07, 6.45) is 0.367. The summed E-state index contributed by atoms with van der Waals surface area (Å²) in [6.45, 7) is 0.536. The van der Waals surface area contributed by atoms with E-state index >= 15 is 0 Å². The summed E-state index contributed by atoms with van der Waals surface area (Å²) >= 11 is 0. The molecule has 1 N–H and O–H groups in total. The highest BCUT2D eigenvalue weighted by atomic mass is 16.6. The summed E-state index contributed by atoms with van der Waals surface area (Å²) in [4.78, 5) is 12.9. The van der Waals surface area contributed by atoms with Crippen LogP contribution in [-0.2, 0) is 0 Å². The fraction of sp³-hybridized carbons (Fsp3) is 0.300. The third-order valence-corrected chi connectivity index (χ3v) is 3.86. The lowest BCUT2D eigenvalue weighted by molar-refractivity contribution is 0.172. The van der Waals surface area contributed by atoms with E-state index in [1.807, 2.05) is 19.2 Å². The van der Waals surface area contributed by atoms with E-state index in [1.54, 1.807) is 50.5 Å². The number of carbonyl (C=O) groups excluding carboxylic acids is 1. The summed E-state index contributed by atoms with van der Waals surface area (Å²) in [6, 6.07) is 16.7. The molecular formula is C20H23N3O3. The van der Waals surface area contributed by atoms with Crippen LogP contribution in [0.2, 0.25) is 0 Å². The van der Waals surface area contributed by atoms with Crippen molar-refractivity contribution in [3.63, 3.8) is 0 Å². The normalized spacial score (nSPS) is 11.3. The molecule has 0 aromatic heterocycles. The number of nitrogens with one attached hydrogen (secondary N) is 1. The van der Waals surface area contributed by atoms with E-state index < -0.39 is 6.09 Å². The number of nitrogens with zero attached hydrogens (tertiary/aromatic N) is 2. The molecule has 26 heavy (non-hydrogen) atoms. The van der Waals surface area contributed by atoms with Gasteiger partial charge in [0.05, 0.1) is 18.2 Å². The van der Waals surface area contributed by atoms with Crippen molar-refractivity contribution >= 4 is 6.09 Å². The average molecular weight is 353 g/mol. The fourth-order valence-electron chi connectivity index (χ4n) is 2.36. The molecule has 1 atom stereocenters. The van der Waals surface area contributed by atoms with Crippen LogP contribution < -0.4 is 14.8 Å². The molecule has 1 unspecified atom stereocenters. The molecule has 6 nitrogen and oxygen atoms in total. The molecule has 0 saturated carbocycles. The number of hydrogen-bond donors (Lipinski definition) is 1. The van der Waals surface area contributed by atoms with Crippen molar-refractivity contribution in [3.05, 3.63) is 59.7 Å². The third-order valence-electron chi connectivity index (χ3n) is 3.86. The Bertz CT molecular complexity index is 749. The summed E-state index contributed by atoms with van der Waals surface area (Å²) < 4.78 is 11.0. The highest BCUT2D eigenvalue weighted by Crippen LogP contribution is 2.21. The van der Waals surface area contributed by atoms with Crippen LogP contribution in [0.1, 0.15) is 23.6 Å². The Morgan fingerprint density at radius 3 is 2.27 bits per heavy atom. The predicted molar refractivity (Wildman–Crippen MR) is 99.2 cm³/mol. The third kappa shape index (κ3) is 5.50. The molecule has 1 amide bonds. The van der Waals surface area contributed by atoms with E-state index in [4.69, 9.17) is 14.7 Å². The van der Waals surface area contributed by atoms with Crippen LogP contribution in [0.5, 0.6) is 11.5 Å². The van der Waals surface area contributed by atoms with Gasteiger partial charge in [-0.05, 0) is 49.0 Å². The fourth-order valence-corrected chi connectivity index (χ4v) is 2.36. The van der Waals surface area contributed by atoms with Gasteiger partial charge in [0.2, 0.25) is 0 Å². The first-order valence-corrected chi connectivity index (χ1v) is 8.33. The molecule has 0 aliphatic carbocycles. The van der Waals surface area contributed by atoms with Gasteiger partial charge < -0.3 is 19.7 Å². The maximum atomic E-state index is 11.6. The van der Waals surface area contributed by atoms with Crippen LogP contribution in [0.25, 0.3) is 0 Å². The van der Waals surface area contributed by atoms with E-state index in [0.717, 1.165) is 17.7 Å². The smallest absolute Gasteiger partial charge is 0.414 e. The van der Waals surface area contributed by atoms with E-state index in [0.29, 0.717) is 17.9 Å². The molecular weight excluding hydrogens is 330 g/mol. The number of ether oxygens (including phenoxy) is 2. The Labute approximate surface area is 153 Å². The van der Waals surface area contributed by atoms with E-state index in [9.17, 15) is 4.79 Å². The summed E-state index contributed by atoms with van der Waals surface area (Å²) in [5.41, 5.74) is 1.70. The van der Waals surface area contributed by atoms with E-state index in [1.165, 1.54) is 4.90 Å². The zero-order valence-corrected chi connectivity index (χ0v) is 15.2. The Morgan fingerprint density at radius 1 is 1.12 bits per heavy atom. The average Bonchev–Trinajstić information content (AvgIpc) is 2.66. The van der Waals surface area contributed by atoms with Gasteiger partial charge in [-0.3, -0.25) is 0 Å². The van der Waals surface area contributed by atoms with Crippen LogP contribution in [0.4, 0.5) is 4.79 Å². The van der Waals surface area contributed by atoms with Crippen LogP contribution in [0.15, 0.2) is 48.5 Å². The van der Waals surface area contributed by atoms with Crippen molar-refractivity contribution in [2.75, 3.05) is 27.7 Å². The van der Waals surface area contributed by atoms with Gasteiger partial charge in [-0.1, -0.05) is 12.1 Å². The summed E-state index contributed by atoms with van der Waals surface area (Å²) in [5, 5.41) is 12.1. The zero-order chi connectivity index (χ0) is 18.9. The van der Waals surface area contributed by atoms with Crippen molar-refractivity contribution in [3.8, 4) is 17.6 Å². The molecule has 0 heterocycles. The summed E-state index contributed by atoms with van der Waals surface area (Å²) in [7, 11) is 5.18. The highest BCUT2D eigenvalue weighted by Gasteiger charge is 2.11. The number of carbonyl (C=O) groups is 1. The minimum atomic E-state index is -0.404. The second-order valence-corrected chi connectivity index (χ2v) is 5.95. The largest absolute Gasteiger partial charge is 0.494 e. The van der Waals surface area contributed by atoms with Gasteiger partial charge in [-0.2, -0.15) is 5.26 Å². The molecule has 2 aromatic carbocycles. The van der Waals surface area contributed by atoms with Crippen LogP contribution in [0.3, 0.4) is 0 Å².